The normalized spacial score (nSPS) is 10.4. The van der Waals surface area contributed by atoms with Gasteiger partial charge in [0.05, 0.1) is 10.6 Å². The number of halogens is 1. The molecule has 0 fully saturated rings. The maximum Gasteiger partial charge on any atom is 0.145 e. The van der Waals surface area contributed by atoms with E-state index in [9.17, 15) is 0 Å². The third-order valence-electron chi connectivity index (χ3n) is 1.46. The summed E-state index contributed by atoms with van der Waals surface area (Å²) in [6.07, 6.45) is 0. The molecular weight excluding hydrogens is 285 g/mol. The first-order valence-electron chi connectivity index (χ1n) is 3.31. The minimum atomic E-state index is 0.536. The minimum Gasteiger partial charge on any atom is -0.382 e. The minimum absolute atomic E-state index is 0.536. The van der Waals surface area contributed by atoms with Crippen LogP contribution in [0.15, 0.2) is 17.5 Å². The molecule has 2 aromatic rings. The number of aromatic amines is 1. The van der Waals surface area contributed by atoms with E-state index in [0.29, 0.717) is 5.82 Å². The molecule has 0 spiro atoms. The van der Waals surface area contributed by atoms with Crippen LogP contribution >= 0.6 is 33.9 Å². The van der Waals surface area contributed by atoms with Gasteiger partial charge in [0, 0.05) is 9.64 Å². The van der Waals surface area contributed by atoms with Crippen molar-refractivity contribution in [2.75, 3.05) is 5.73 Å². The van der Waals surface area contributed by atoms with Crippen LogP contribution in [0.2, 0.25) is 0 Å². The molecule has 0 bridgehead atoms. The van der Waals surface area contributed by atoms with Crippen LogP contribution < -0.4 is 5.73 Å². The zero-order valence-electron chi connectivity index (χ0n) is 6.04. The predicted octanol–water partition coefficient (Wildman–Crippen LogP) is 2.33. The van der Waals surface area contributed by atoms with Crippen LogP contribution in [-0.2, 0) is 0 Å². The Morgan fingerprint density at radius 1 is 1.58 bits per heavy atom. The van der Waals surface area contributed by atoms with Crippen molar-refractivity contribution >= 4 is 39.7 Å². The van der Waals surface area contributed by atoms with Crippen LogP contribution in [0.4, 0.5) is 5.82 Å². The van der Waals surface area contributed by atoms with Gasteiger partial charge in [0.1, 0.15) is 5.82 Å². The molecule has 2 heterocycles. The van der Waals surface area contributed by atoms with E-state index in [-0.39, 0.29) is 0 Å². The van der Waals surface area contributed by atoms with E-state index in [1.54, 1.807) is 11.3 Å². The average molecular weight is 291 g/mol. The molecule has 12 heavy (non-hydrogen) atoms. The summed E-state index contributed by atoms with van der Waals surface area (Å²) in [5, 5.41) is 8.80. The fourth-order valence-electron chi connectivity index (χ4n) is 0.939. The second-order valence-corrected chi connectivity index (χ2v) is 4.38. The molecular formula is C7H6IN3S. The van der Waals surface area contributed by atoms with Crippen LogP contribution in [0.1, 0.15) is 0 Å². The molecule has 0 saturated carbocycles. The summed E-state index contributed by atoms with van der Waals surface area (Å²) in [6, 6.07) is 3.91. The molecule has 2 rings (SSSR count). The summed E-state index contributed by atoms with van der Waals surface area (Å²) in [5.74, 6) is 0.536. The largest absolute Gasteiger partial charge is 0.382 e. The molecule has 0 aliphatic heterocycles. The van der Waals surface area contributed by atoms with Gasteiger partial charge in [0.25, 0.3) is 0 Å². The second kappa shape index (κ2) is 3.06. The zero-order chi connectivity index (χ0) is 8.55. The van der Waals surface area contributed by atoms with Gasteiger partial charge in [0.2, 0.25) is 0 Å². The molecule has 0 saturated heterocycles. The van der Waals surface area contributed by atoms with Crippen LogP contribution in [-0.4, -0.2) is 10.2 Å². The summed E-state index contributed by atoms with van der Waals surface area (Å²) < 4.78 is 1.22. The van der Waals surface area contributed by atoms with E-state index < -0.39 is 0 Å². The lowest BCUT2D eigenvalue weighted by atomic mass is 10.3. The summed E-state index contributed by atoms with van der Waals surface area (Å²) in [4.78, 5) is 1.19. The lowest BCUT2D eigenvalue weighted by Crippen LogP contribution is -1.81. The standard InChI is InChI=1S/C7H6IN3S/c8-4-1-2-12-7(4)5-3-6(9)11-10-5/h1-3H,(H3,9,10,11). The Morgan fingerprint density at radius 2 is 2.42 bits per heavy atom. The number of thiophene rings is 1. The number of nitrogens with zero attached hydrogens (tertiary/aromatic N) is 1. The Labute approximate surface area is 87.1 Å². The molecule has 0 atom stereocenters. The molecule has 5 heteroatoms. The summed E-state index contributed by atoms with van der Waals surface area (Å²) in [7, 11) is 0. The van der Waals surface area contributed by atoms with E-state index in [2.05, 4.69) is 38.9 Å². The number of nitrogens with one attached hydrogen (secondary N) is 1. The number of H-pyrrole nitrogens is 1. The molecule has 3 N–H and O–H groups in total. The Bertz CT molecular complexity index is 393. The average Bonchev–Trinajstić information content (AvgIpc) is 2.58. The molecule has 0 aliphatic rings. The van der Waals surface area contributed by atoms with Crippen LogP contribution in [0.5, 0.6) is 0 Å². The van der Waals surface area contributed by atoms with Gasteiger partial charge in [-0.15, -0.1) is 11.3 Å². The Kier molecular flexibility index (Phi) is 2.05. The highest BCUT2D eigenvalue weighted by atomic mass is 127. The lowest BCUT2D eigenvalue weighted by molar-refractivity contribution is 1.10. The molecule has 0 aliphatic carbocycles. The van der Waals surface area contributed by atoms with Gasteiger partial charge in [-0.2, -0.15) is 5.10 Å². The number of aromatic nitrogens is 2. The number of hydrogen-bond acceptors (Lipinski definition) is 3. The van der Waals surface area contributed by atoms with Gasteiger partial charge >= 0.3 is 0 Å². The highest BCUT2D eigenvalue weighted by Gasteiger charge is 2.06. The van der Waals surface area contributed by atoms with Crippen molar-refractivity contribution in [3.63, 3.8) is 0 Å². The molecule has 0 unspecified atom stereocenters. The van der Waals surface area contributed by atoms with Gasteiger partial charge in [-0.1, -0.05) is 0 Å². The monoisotopic (exact) mass is 291 g/mol. The highest BCUT2D eigenvalue weighted by Crippen LogP contribution is 2.29. The molecule has 0 aromatic carbocycles. The van der Waals surface area contributed by atoms with Crippen molar-refractivity contribution in [1.82, 2.24) is 10.2 Å². The fourth-order valence-corrected chi connectivity index (χ4v) is 2.79. The Balaban J connectivity index is 2.50. The molecule has 62 valence electrons. The third-order valence-corrected chi connectivity index (χ3v) is 3.67. The van der Waals surface area contributed by atoms with E-state index in [1.807, 2.05) is 11.4 Å². The Morgan fingerprint density at radius 3 is 2.92 bits per heavy atom. The first-order chi connectivity index (χ1) is 5.77. The zero-order valence-corrected chi connectivity index (χ0v) is 9.02. The first kappa shape index (κ1) is 8.06. The maximum atomic E-state index is 5.49. The van der Waals surface area contributed by atoms with Crippen LogP contribution in [0.3, 0.4) is 0 Å². The Hall–Kier alpha value is -0.560. The summed E-state index contributed by atoms with van der Waals surface area (Å²) in [6.45, 7) is 0. The first-order valence-corrected chi connectivity index (χ1v) is 5.27. The van der Waals surface area contributed by atoms with E-state index >= 15 is 0 Å². The van der Waals surface area contributed by atoms with Crippen molar-refractivity contribution < 1.29 is 0 Å². The molecule has 2 aromatic heterocycles. The number of rotatable bonds is 1. The van der Waals surface area contributed by atoms with Gasteiger partial charge in [-0.05, 0) is 34.0 Å². The lowest BCUT2D eigenvalue weighted by Gasteiger charge is -1.90. The van der Waals surface area contributed by atoms with Crippen molar-refractivity contribution in [2.45, 2.75) is 0 Å². The van der Waals surface area contributed by atoms with Crippen molar-refractivity contribution in [2.24, 2.45) is 0 Å². The third kappa shape index (κ3) is 1.34. The topological polar surface area (TPSA) is 54.7 Å². The molecule has 0 amide bonds. The van der Waals surface area contributed by atoms with E-state index in [0.717, 1.165) is 5.69 Å². The summed E-state index contributed by atoms with van der Waals surface area (Å²) in [5.41, 5.74) is 6.49. The number of nitrogens with two attached hydrogens (primary N) is 1. The SMILES string of the molecule is Nc1cc(-c2sccc2I)[nH]n1. The van der Waals surface area contributed by atoms with Crippen LogP contribution in [0.25, 0.3) is 10.6 Å². The van der Waals surface area contributed by atoms with E-state index in [4.69, 9.17) is 5.73 Å². The molecule has 3 nitrogen and oxygen atoms in total. The smallest absolute Gasteiger partial charge is 0.145 e. The number of anilines is 1. The second-order valence-electron chi connectivity index (χ2n) is 2.30. The van der Waals surface area contributed by atoms with Gasteiger partial charge in [0.15, 0.2) is 0 Å². The van der Waals surface area contributed by atoms with Crippen LogP contribution in [0, 0.1) is 3.57 Å². The van der Waals surface area contributed by atoms with Crippen molar-refractivity contribution in [1.29, 1.82) is 0 Å². The van der Waals surface area contributed by atoms with E-state index in [1.165, 1.54) is 8.45 Å². The van der Waals surface area contributed by atoms with Crippen molar-refractivity contribution in [3.05, 3.63) is 21.1 Å². The van der Waals surface area contributed by atoms with Gasteiger partial charge in [-0.3, -0.25) is 5.10 Å². The molecule has 0 radical (unpaired) electrons. The number of nitrogen functional groups attached to an aromatic ring is 1. The maximum absolute atomic E-state index is 5.49. The number of hydrogen-bond donors (Lipinski definition) is 2. The fraction of sp³-hybridized carbons (Fsp3) is 0. The quantitative estimate of drug-likeness (QED) is 0.792. The van der Waals surface area contributed by atoms with Gasteiger partial charge < -0.3 is 5.73 Å². The predicted molar refractivity (Wildman–Crippen MR) is 59.0 cm³/mol. The highest BCUT2D eigenvalue weighted by molar-refractivity contribution is 14.1. The summed E-state index contributed by atoms with van der Waals surface area (Å²) >= 11 is 3.97. The van der Waals surface area contributed by atoms with Gasteiger partial charge in [-0.25, -0.2) is 0 Å². The van der Waals surface area contributed by atoms with Crippen molar-refractivity contribution in [3.8, 4) is 10.6 Å².